The number of anilines is 1. The Balaban J connectivity index is 1.44. The van der Waals surface area contributed by atoms with E-state index in [9.17, 15) is 4.79 Å². The van der Waals surface area contributed by atoms with Gasteiger partial charge in [0.15, 0.2) is 0 Å². The minimum atomic E-state index is -0.136. The molecule has 0 saturated heterocycles. The number of nitrogens with one attached hydrogen (secondary N) is 2. The Morgan fingerprint density at radius 2 is 2.07 bits per heavy atom. The molecule has 1 amide bonds. The lowest BCUT2D eigenvalue weighted by Gasteiger charge is -2.03. The van der Waals surface area contributed by atoms with Gasteiger partial charge in [-0.1, -0.05) is 46.3 Å². The monoisotopic (exact) mass is 423 g/mol. The van der Waals surface area contributed by atoms with Gasteiger partial charge in [0, 0.05) is 21.1 Å². The van der Waals surface area contributed by atoms with Crippen LogP contribution in [0.1, 0.15) is 16.8 Å². The number of aryl methyl sites for hydroxylation is 1. The Bertz CT molecular complexity index is 1110. The van der Waals surface area contributed by atoms with Crippen LogP contribution < -0.4 is 5.32 Å². The summed E-state index contributed by atoms with van der Waals surface area (Å²) >= 11 is 3.46. The number of nitrogens with zero attached hydrogens (tertiary/aromatic N) is 3. The summed E-state index contributed by atoms with van der Waals surface area (Å²) in [4.78, 5) is 20.0. The van der Waals surface area contributed by atoms with Gasteiger partial charge in [-0.3, -0.25) is 10.1 Å². The lowest BCUT2D eigenvalue weighted by molar-refractivity contribution is -0.115. The van der Waals surface area contributed by atoms with Gasteiger partial charge >= 0.3 is 0 Å². The number of amides is 1. The van der Waals surface area contributed by atoms with Gasteiger partial charge in [-0.25, -0.2) is 9.67 Å². The third-order valence-corrected chi connectivity index (χ3v) is 4.88. The molecule has 0 radical (unpaired) electrons. The number of benzene rings is 2. The van der Waals surface area contributed by atoms with E-state index in [1.165, 1.54) is 0 Å². The average Bonchev–Trinajstić information content (AvgIpc) is 3.19. The van der Waals surface area contributed by atoms with Crippen molar-refractivity contribution in [1.29, 1.82) is 0 Å². The van der Waals surface area contributed by atoms with Crippen molar-refractivity contribution in [2.24, 2.45) is 0 Å². The molecule has 27 heavy (non-hydrogen) atoms. The molecule has 2 heterocycles. The third kappa shape index (κ3) is 3.93. The van der Waals surface area contributed by atoms with Crippen LogP contribution in [0.3, 0.4) is 0 Å². The summed E-state index contributed by atoms with van der Waals surface area (Å²) in [5.74, 6) is 0.176. The van der Waals surface area contributed by atoms with E-state index < -0.39 is 0 Å². The van der Waals surface area contributed by atoms with Crippen molar-refractivity contribution in [2.45, 2.75) is 19.9 Å². The molecule has 136 valence electrons. The Labute approximate surface area is 164 Å². The van der Waals surface area contributed by atoms with Gasteiger partial charge in [0.05, 0.1) is 13.0 Å². The summed E-state index contributed by atoms with van der Waals surface area (Å²) in [6.45, 7) is 2.57. The van der Waals surface area contributed by atoms with Gasteiger partial charge < -0.3 is 4.98 Å². The molecule has 0 fully saturated rings. The van der Waals surface area contributed by atoms with Crippen molar-refractivity contribution in [3.63, 3.8) is 0 Å². The number of para-hydroxylation sites is 1. The van der Waals surface area contributed by atoms with E-state index in [0.717, 1.165) is 32.2 Å². The van der Waals surface area contributed by atoms with Crippen LogP contribution in [0.25, 0.3) is 10.9 Å². The Morgan fingerprint density at radius 1 is 1.22 bits per heavy atom. The van der Waals surface area contributed by atoms with Crippen molar-refractivity contribution in [3.05, 3.63) is 76.2 Å². The zero-order valence-corrected chi connectivity index (χ0v) is 16.3. The first-order valence-electron chi connectivity index (χ1n) is 8.58. The SMILES string of the molecule is Cc1[nH]c2ccccc2c1CC(=O)Nc1ncn(Cc2cccc(Br)c2)n1. The van der Waals surface area contributed by atoms with Gasteiger partial charge in [-0.2, -0.15) is 0 Å². The van der Waals surface area contributed by atoms with Gasteiger partial charge in [0.2, 0.25) is 11.9 Å². The third-order valence-electron chi connectivity index (χ3n) is 4.39. The highest BCUT2D eigenvalue weighted by Crippen LogP contribution is 2.22. The van der Waals surface area contributed by atoms with Crippen molar-refractivity contribution in [3.8, 4) is 0 Å². The van der Waals surface area contributed by atoms with E-state index >= 15 is 0 Å². The number of rotatable bonds is 5. The summed E-state index contributed by atoms with van der Waals surface area (Å²) < 4.78 is 2.72. The second-order valence-corrected chi connectivity index (χ2v) is 7.31. The molecule has 4 aromatic rings. The molecule has 0 aliphatic heterocycles. The number of aromatic nitrogens is 4. The molecule has 0 aliphatic carbocycles. The van der Waals surface area contributed by atoms with Gasteiger partial charge in [0.25, 0.3) is 0 Å². The standard InChI is InChI=1S/C20H18BrN5O/c1-13-17(16-7-2-3-8-18(16)23-13)10-19(27)24-20-22-12-26(25-20)11-14-5-4-6-15(21)9-14/h2-9,12,23H,10-11H2,1H3,(H,24,25,27). The average molecular weight is 424 g/mol. The molecular weight excluding hydrogens is 406 g/mol. The number of fused-ring (bicyclic) bond motifs is 1. The van der Waals surface area contributed by atoms with E-state index in [0.29, 0.717) is 12.5 Å². The number of halogens is 1. The fraction of sp³-hybridized carbons (Fsp3) is 0.150. The first-order valence-corrected chi connectivity index (χ1v) is 9.38. The maximum atomic E-state index is 12.5. The number of carbonyl (C=O) groups excluding carboxylic acids is 1. The van der Waals surface area contributed by atoms with Crippen LogP contribution >= 0.6 is 15.9 Å². The van der Waals surface area contributed by atoms with Crippen LogP contribution in [0.4, 0.5) is 5.95 Å². The quantitative estimate of drug-likeness (QED) is 0.508. The number of carbonyl (C=O) groups is 1. The lowest BCUT2D eigenvalue weighted by Crippen LogP contribution is -2.16. The second-order valence-electron chi connectivity index (χ2n) is 6.39. The zero-order chi connectivity index (χ0) is 18.8. The summed E-state index contributed by atoms with van der Waals surface area (Å²) in [5.41, 5.74) is 4.13. The van der Waals surface area contributed by atoms with Crippen LogP contribution in [-0.2, 0) is 17.8 Å². The van der Waals surface area contributed by atoms with Gasteiger partial charge in [0.1, 0.15) is 6.33 Å². The molecule has 6 nitrogen and oxygen atoms in total. The Hall–Kier alpha value is -2.93. The Morgan fingerprint density at radius 3 is 2.93 bits per heavy atom. The molecule has 0 spiro atoms. The van der Waals surface area contributed by atoms with Crippen LogP contribution in [0, 0.1) is 6.92 Å². The highest BCUT2D eigenvalue weighted by atomic mass is 79.9. The Kier molecular flexibility index (Phi) is 4.77. The van der Waals surface area contributed by atoms with Crippen molar-refractivity contribution >= 4 is 38.7 Å². The summed E-state index contributed by atoms with van der Waals surface area (Å²) in [6.07, 6.45) is 1.89. The molecule has 0 saturated carbocycles. The van der Waals surface area contributed by atoms with E-state index in [4.69, 9.17) is 0 Å². The van der Waals surface area contributed by atoms with Crippen molar-refractivity contribution < 1.29 is 4.79 Å². The molecule has 0 aliphatic rings. The second kappa shape index (κ2) is 7.36. The highest BCUT2D eigenvalue weighted by Gasteiger charge is 2.13. The van der Waals surface area contributed by atoms with Crippen LogP contribution in [0.2, 0.25) is 0 Å². The van der Waals surface area contributed by atoms with Crippen LogP contribution in [-0.4, -0.2) is 25.7 Å². The maximum absolute atomic E-state index is 12.5. The molecule has 2 aromatic carbocycles. The van der Waals surface area contributed by atoms with Crippen molar-refractivity contribution in [2.75, 3.05) is 5.32 Å². The molecule has 4 rings (SSSR count). The fourth-order valence-corrected chi connectivity index (χ4v) is 3.59. The first-order chi connectivity index (χ1) is 13.1. The minimum Gasteiger partial charge on any atom is -0.358 e. The molecule has 0 bridgehead atoms. The highest BCUT2D eigenvalue weighted by molar-refractivity contribution is 9.10. The summed E-state index contributed by atoms with van der Waals surface area (Å²) in [5, 5.41) is 8.19. The van der Waals surface area contributed by atoms with Crippen LogP contribution in [0.15, 0.2) is 59.3 Å². The number of H-pyrrole nitrogens is 1. The lowest BCUT2D eigenvalue weighted by atomic mass is 10.1. The fourth-order valence-electron chi connectivity index (χ4n) is 3.14. The van der Waals surface area contributed by atoms with E-state index in [1.807, 2.05) is 55.5 Å². The zero-order valence-electron chi connectivity index (χ0n) is 14.7. The number of hydrogen-bond donors (Lipinski definition) is 2. The maximum Gasteiger partial charge on any atom is 0.248 e. The molecule has 0 atom stereocenters. The summed E-state index contributed by atoms with van der Waals surface area (Å²) in [7, 11) is 0. The number of hydrogen-bond acceptors (Lipinski definition) is 3. The molecule has 0 unspecified atom stereocenters. The van der Waals surface area contributed by atoms with Crippen LogP contribution in [0.5, 0.6) is 0 Å². The predicted molar refractivity (Wildman–Crippen MR) is 109 cm³/mol. The van der Waals surface area contributed by atoms with Gasteiger partial charge in [-0.15, -0.1) is 5.10 Å². The van der Waals surface area contributed by atoms with E-state index in [1.54, 1.807) is 11.0 Å². The van der Waals surface area contributed by atoms with Crippen molar-refractivity contribution in [1.82, 2.24) is 19.7 Å². The summed E-state index contributed by atoms with van der Waals surface area (Å²) in [6, 6.07) is 16.0. The first kappa shape index (κ1) is 17.5. The van der Waals surface area contributed by atoms with Gasteiger partial charge in [-0.05, 0) is 36.2 Å². The minimum absolute atomic E-state index is 0.136. The van der Waals surface area contributed by atoms with E-state index in [2.05, 4.69) is 36.3 Å². The normalized spacial score (nSPS) is 11.0. The van der Waals surface area contributed by atoms with E-state index in [-0.39, 0.29) is 12.3 Å². The molecule has 2 aromatic heterocycles. The number of aromatic amines is 1. The smallest absolute Gasteiger partial charge is 0.248 e. The molecule has 7 heteroatoms. The largest absolute Gasteiger partial charge is 0.358 e. The predicted octanol–water partition coefficient (Wildman–Crippen LogP) is 4.06. The molecule has 2 N–H and O–H groups in total. The molecular formula is C20H18BrN5O. The topological polar surface area (TPSA) is 75.6 Å².